The Bertz CT molecular complexity index is 440. The zero-order valence-corrected chi connectivity index (χ0v) is 9.53. The molecule has 0 aliphatic carbocycles. The van der Waals surface area contributed by atoms with Crippen molar-refractivity contribution in [2.75, 3.05) is 18.0 Å². The van der Waals surface area contributed by atoms with Crippen LogP contribution < -0.4 is 4.90 Å². The first kappa shape index (κ1) is 12.3. The molecule has 1 aromatic rings. The molecule has 0 aliphatic heterocycles. The lowest BCUT2D eigenvalue weighted by molar-refractivity contribution is 0.0697. The molecule has 0 radical (unpaired) electrons. The van der Waals surface area contributed by atoms with Crippen LogP contribution in [0.15, 0.2) is 12.3 Å². The van der Waals surface area contributed by atoms with Gasteiger partial charge in [-0.1, -0.05) is 17.5 Å². The van der Waals surface area contributed by atoms with Crippen LogP contribution in [-0.2, 0) is 0 Å². The molecule has 84 valence electrons. The number of carbonyl (C=O) groups is 1. The van der Waals surface area contributed by atoms with E-state index in [-0.39, 0.29) is 10.6 Å². The maximum Gasteiger partial charge on any atom is 0.339 e. The molecule has 0 spiro atoms. The normalized spacial score (nSPS) is 9.56. The van der Waals surface area contributed by atoms with Crippen LogP contribution in [0.5, 0.6) is 0 Å². The van der Waals surface area contributed by atoms with E-state index in [1.165, 1.54) is 12.3 Å². The van der Waals surface area contributed by atoms with E-state index in [2.05, 4.69) is 10.9 Å². The van der Waals surface area contributed by atoms with Crippen LogP contribution in [0.4, 0.5) is 5.82 Å². The quantitative estimate of drug-likeness (QED) is 0.814. The summed E-state index contributed by atoms with van der Waals surface area (Å²) in [7, 11) is 0. The van der Waals surface area contributed by atoms with Gasteiger partial charge in [-0.05, 0) is 13.0 Å². The van der Waals surface area contributed by atoms with Gasteiger partial charge in [0.25, 0.3) is 0 Å². The molecule has 0 unspecified atom stereocenters. The predicted octanol–water partition coefficient (Wildman–Crippen LogP) is 1.89. The van der Waals surface area contributed by atoms with Crippen LogP contribution in [0.2, 0.25) is 5.02 Å². The summed E-state index contributed by atoms with van der Waals surface area (Å²) in [5.41, 5.74) is 0.0598. The van der Waals surface area contributed by atoms with Crippen molar-refractivity contribution in [3.8, 4) is 12.3 Å². The second kappa shape index (κ2) is 5.38. The summed E-state index contributed by atoms with van der Waals surface area (Å²) in [6.07, 6.45) is 6.61. The van der Waals surface area contributed by atoms with Crippen LogP contribution in [0.1, 0.15) is 17.3 Å². The van der Waals surface area contributed by atoms with Gasteiger partial charge in [-0.3, -0.25) is 0 Å². The van der Waals surface area contributed by atoms with E-state index in [1.807, 2.05) is 6.92 Å². The molecule has 1 rings (SSSR count). The van der Waals surface area contributed by atoms with E-state index in [4.69, 9.17) is 23.1 Å². The second-order valence-electron chi connectivity index (χ2n) is 3.05. The molecule has 16 heavy (non-hydrogen) atoms. The number of halogens is 1. The van der Waals surface area contributed by atoms with Gasteiger partial charge in [0.1, 0.15) is 11.4 Å². The van der Waals surface area contributed by atoms with Crippen molar-refractivity contribution in [1.82, 2.24) is 4.98 Å². The summed E-state index contributed by atoms with van der Waals surface area (Å²) in [5.74, 6) is 1.73. The minimum absolute atomic E-state index is 0.0598. The fourth-order valence-corrected chi connectivity index (χ4v) is 1.45. The average molecular weight is 239 g/mol. The highest BCUT2D eigenvalue weighted by Crippen LogP contribution is 2.20. The van der Waals surface area contributed by atoms with E-state index < -0.39 is 5.97 Å². The van der Waals surface area contributed by atoms with E-state index in [1.54, 1.807) is 4.90 Å². The maximum atomic E-state index is 11.0. The molecule has 0 amide bonds. The third kappa shape index (κ3) is 2.65. The van der Waals surface area contributed by atoms with E-state index in [0.29, 0.717) is 18.9 Å². The summed E-state index contributed by atoms with van der Waals surface area (Å²) in [6, 6.07) is 1.37. The number of nitrogens with zero attached hydrogens (tertiary/aromatic N) is 2. The SMILES string of the molecule is C#CCN(CC)c1ncc(Cl)cc1C(=O)O. The van der Waals surface area contributed by atoms with Gasteiger partial charge in [-0.2, -0.15) is 0 Å². The summed E-state index contributed by atoms with van der Waals surface area (Å²) in [4.78, 5) is 16.7. The molecular weight excluding hydrogens is 228 g/mol. The van der Waals surface area contributed by atoms with E-state index in [9.17, 15) is 4.79 Å². The summed E-state index contributed by atoms with van der Waals surface area (Å²) < 4.78 is 0. The van der Waals surface area contributed by atoms with Gasteiger partial charge in [0.15, 0.2) is 0 Å². The molecule has 0 aliphatic rings. The monoisotopic (exact) mass is 238 g/mol. The smallest absolute Gasteiger partial charge is 0.339 e. The number of carboxylic acid groups (broad SMARTS) is 1. The Hall–Kier alpha value is -1.73. The Kier molecular flexibility index (Phi) is 4.15. The molecule has 0 atom stereocenters. The molecule has 0 bridgehead atoms. The standard InChI is InChI=1S/C11H11ClN2O2/c1-3-5-14(4-2)10-9(11(15)16)6-8(12)7-13-10/h1,6-7H,4-5H2,2H3,(H,15,16). The first-order valence-electron chi connectivity index (χ1n) is 4.67. The number of anilines is 1. The molecule has 5 heteroatoms. The predicted molar refractivity (Wildman–Crippen MR) is 62.9 cm³/mol. The van der Waals surface area contributed by atoms with Gasteiger partial charge < -0.3 is 10.0 Å². The van der Waals surface area contributed by atoms with Crippen molar-refractivity contribution < 1.29 is 9.90 Å². The molecule has 0 fully saturated rings. The fourth-order valence-electron chi connectivity index (χ4n) is 1.29. The maximum absolute atomic E-state index is 11.0. The average Bonchev–Trinajstić information content (AvgIpc) is 2.26. The number of terminal acetylenes is 1. The van der Waals surface area contributed by atoms with Crippen molar-refractivity contribution >= 4 is 23.4 Å². The highest BCUT2D eigenvalue weighted by atomic mass is 35.5. The van der Waals surface area contributed by atoms with Crippen LogP contribution in [0.3, 0.4) is 0 Å². The third-order valence-electron chi connectivity index (χ3n) is 2.03. The number of pyridine rings is 1. The minimum Gasteiger partial charge on any atom is -0.478 e. The minimum atomic E-state index is -1.07. The lowest BCUT2D eigenvalue weighted by Crippen LogP contribution is -2.26. The Morgan fingerprint density at radius 3 is 2.94 bits per heavy atom. The van der Waals surface area contributed by atoms with Gasteiger partial charge in [0.2, 0.25) is 0 Å². The number of rotatable bonds is 4. The lowest BCUT2D eigenvalue weighted by Gasteiger charge is -2.20. The summed E-state index contributed by atoms with van der Waals surface area (Å²) in [6.45, 7) is 2.77. The van der Waals surface area contributed by atoms with Crippen LogP contribution in [0, 0.1) is 12.3 Å². The largest absolute Gasteiger partial charge is 0.478 e. The highest BCUT2D eigenvalue weighted by molar-refractivity contribution is 6.30. The molecule has 1 aromatic heterocycles. The molecule has 1 heterocycles. The zero-order chi connectivity index (χ0) is 12.1. The molecule has 0 saturated heterocycles. The van der Waals surface area contributed by atoms with Crippen molar-refractivity contribution in [3.05, 3.63) is 22.8 Å². The van der Waals surface area contributed by atoms with Crippen LogP contribution in [-0.4, -0.2) is 29.1 Å². The molecular formula is C11H11ClN2O2. The topological polar surface area (TPSA) is 53.4 Å². The van der Waals surface area contributed by atoms with Gasteiger partial charge >= 0.3 is 5.97 Å². The Morgan fingerprint density at radius 2 is 2.44 bits per heavy atom. The first-order valence-corrected chi connectivity index (χ1v) is 5.05. The Balaban J connectivity index is 3.21. The van der Waals surface area contributed by atoms with Gasteiger partial charge in [0.05, 0.1) is 11.6 Å². The molecule has 4 nitrogen and oxygen atoms in total. The molecule has 0 aromatic carbocycles. The fraction of sp³-hybridized carbons (Fsp3) is 0.273. The van der Waals surface area contributed by atoms with Gasteiger partial charge in [-0.15, -0.1) is 6.42 Å². The first-order chi connectivity index (χ1) is 7.60. The summed E-state index contributed by atoms with van der Waals surface area (Å²) >= 11 is 5.70. The number of hydrogen-bond donors (Lipinski definition) is 1. The highest BCUT2D eigenvalue weighted by Gasteiger charge is 2.16. The van der Waals surface area contributed by atoms with Crippen molar-refractivity contribution in [1.29, 1.82) is 0 Å². The van der Waals surface area contributed by atoms with E-state index in [0.717, 1.165) is 0 Å². The third-order valence-corrected chi connectivity index (χ3v) is 2.23. The van der Waals surface area contributed by atoms with Crippen LogP contribution in [0.25, 0.3) is 0 Å². The number of aromatic nitrogens is 1. The van der Waals surface area contributed by atoms with E-state index >= 15 is 0 Å². The van der Waals surface area contributed by atoms with Crippen molar-refractivity contribution in [2.45, 2.75) is 6.92 Å². The summed E-state index contributed by atoms with van der Waals surface area (Å²) in [5, 5.41) is 9.32. The Morgan fingerprint density at radius 1 is 1.75 bits per heavy atom. The van der Waals surface area contributed by atoms with Gasteiger partial charge in [-0.25, -0.2) is 9.78 Å². The van der Waals surface area contributed by atoms with Gasteiger partial charge in [0, 0.05) is 12.7 Å². The Labute approximate surface area is 98.9 Å². The van der Waals surface area contributed by atoms with Crippen molar-refractivity contribution in [2.24, 2.45) is 0 Å². The zero-order valence-electron chi connectivity index (χ0n) is 8.77. The number of carboxylic acids is 1. The van der Waals surface area contributed by atoms with Crippen molar-refractivity contribution in [3.63, 3.8) is 0 Å². The molecule has 0 saturated carbocycles. The molecule has 1 N–H and O–H groups in total. The van der Waals surface area contributed by atoms with Crippen LogP contribution >= 0.6 is 11.6 Å². The lowest BCUT2D eigenvalue weighted by atomic mass is 10.2. The number of aromatic carboxylic acids is 1. The number of hydrogen-bond acceptors (Lipinski definition) is 3. The second-order valence-corrected chi connectivity index (χ2v) is 3.48.